The van der Waals surface area contributed by atoms with E-state index in [-0.39, 0.29) is 18.4 Å². The molecular weight excluding hydrogens is 295 g/mol. The number of rotatable bonds is 2. The van der Waals surface area contributed by atoms with Crippen molar-refractivity contribution < 1.29 is 19.1 Å². The number of urea groups is 1. The monoisotopic (exact) mass is 304 g/mol. The van der Waals surface area contributed by atoms with E-state index in [1.54, 1.807) is 6.07 Å². The lowest BCUT2D eigenvalue weighted by molar-refractivity contribution is -0.128. The number of ether oxygens (including phenoxy) is 2. The van der Waals surface area contributed by atoms with Crippen molar-refractivity contribution in [2.45, 2.75) is 6.10 Å². The van der Waals surface area contributed by atoms with Crippen LogP contribution in [0.2, 0.25) is 10.0 Å². The minimum Gasteiger partial charge on any atom is -0.352 e. The molecule has 1 aliphatic rings. The van der Waals surface area contributed by atoms with Gasteiger partial charge in [-0.15, -0.1) is 0 Å². The fourth-order valence-electron chi connectivity index (χ4n) is 1.42. The van der Waals surface area contributed by atoms with Crippen LogP contribution in [-0.4, -0.2) is 31.4 Å². The van der Waals surface area contributed by atoms with E-state index in [1.165, 1.54) is 12.1 Å². The largest absolute Gasteiger partial charge is 0.352 e. The van der Waals surface area contributed by atoms with Gasteiger partial charge < -0.3 is 14.8 Å². The second-order valence-corrected chi connectivity index (χ2v) is 4.56. The predicted molar refractivity (Wildman–Crippen MR) is 69.3 cm³/mol. The Kier molecular flexibility index (Phi) is 4.60. The van der Waals surface area contributed by atoms with Crippen molar-refractivity contribution in [2.24, 2.45) is 0 Å². The summed E-state index contributed by atoms with van der Waals surface area (Å²) in [6, 6.07) is 3.88. The highest BCUT2D eigenvalue weighted by molar-refractivity contribution is 6.36. The third-order valence-electron chi connectivity index (χ3n) is 2.33. The number of amides is 3. The van der Waals surface area contributed by atoms with E-state index in [4.69, 9.17) is 32.7 Å². The van der Waals surface area contributed by atoms with E-state index in [9.17, 15) is 9.59 Å². The van der Waals surface area contributed by atoms with Gasteiger partial charge in [-0.1, -0.05) is 23.2 Å². The molecular formula is C11H10Cl2N2O4. The van der Waals surface area contributed by atoms with Crippen LogP contribution in [0.1, 0.15) is 0 Å². The van der Waals surface area contributed by atoms with Crippen LogP contribution < -0.4 is 10.6 Å². The summed E-state index contributed by atoms with van der Waals surface area (Å²) in [6.07, 6.45) is -0.772. The quantitative estimate of drug-likeness (QED) is 0.876. The van der Waals surface area contributed by atoms with Crippen LogP contribution >= 0.6 is 23.2 Å². The van der Waals surface area contributed by atoms with E-state index < -0.39 is 18.0 Å². The normalized spacial score (nSPS) is 18.1. The Morgan fingerprint density at radius 2 is 2.11 bits per heavy atom. The Hall–Kier alpha value is -1.34. The Labute approximate surface area is 119 Å². The molecule has 6 nitrogen and oxygen atoms in total. The average molecular weight is 305 g/mol. The molecule has 1 heterocycles. The zero-order valence-electron chi connectivity index (χ0n) is 9.61. The number of nitrogens with one attached hydrogen (secondary N) is 2. The van der Waals surface area contributed by atoms with Gasteiger partial charge in [-0.25, -0.2) is 4.79 Å². The fraction of sp³-hybridized carbons (Fsp3) is 0.273. The van der Waals surface area contributed by atoms with E-state index in [0.717, 1.165) is 0 Å². The lowest BCUT2D eigenvalue weighted by atomic mass is 10.3. The van der Waals surface area contributed by atoms with Crippen molar-refractivity contribution in [3.8, 4) is 0 Å². The summed E-state index contributed by atoms with van der Waals surface area (Å²) in [6.45, 7) is 0.170. The molecule has 1 unspecified atom stereocenters. The van der Waals surface area contributed by atoms with Crippen molar-refractivity contribution in [3.63, 3.8) is 0 Å². The number of halogens is 2. The maximum absolute atomic E-state index is 11.6. The first-order valence-electron chi connectivity index (χ1n) is 5.32. The van der Waals surface area contributed by atoms with Crippen LogP contribution in [0.25, 0.3) is 0 Å². The first kappa shape index (κ1) is 14.1. The Balaban J connectivity index is 1.91. The summed E-state index contributed by atoms with van der Waals surface area (Å²) >= 11 is 11.6. The van der Waals surface area contributed by atoms with Crippen LogP contribution in [-0.2, 0) is 14.3 Å². The molecule has 0 spiro atoms. The van der Waals surface area contributed by atoms with Gasteiger partial charge in [0.25, 0.3) is 5.91 Å². The van der Waals surface area contributed by atoms with Gasteiger partial charge in [0.1, 0.15) is 6.79 Å². The van der Waals surface area contributed by atoms with Gasteiger partial charge in [0.15, 0.2) is 6.10 Å². The zero-order chi connectivity index (χ0) is 13.8. The number of anilines is 1. The third-order valence-corrected chi connectivity index (χ3v) is 2.88. The Bertz CT molecular complexity index is 503. The van der Waals surface area contributed by atoms with Crippen LogP contribution in [0.4, 0.5) is 10.5 Å². The van der Waals surface area contributed by atoms with E-state index in [0.29, 0.717) is 10.7 Å². The van der Waals surface area contributed by atoms with Crippen molar-refractivity contribution >= 4 is 40.8 Å². The second kappa shape index (κ2) is 6.21. The van der Waals surface area contributed by atoms with Gasteiger partial charge in [0.2, 0.25) is 0 Å². The van der Waals surface area contributed by atoms with Gasteiger partial charge in [-0.3, -0.25) is 10.1 Å². The van der Waals surface area contributed by atoms with E-state index in [2.05, 4.69) is 10.6 Å². The molecule has 19 heavy (non-hydrogen) atoms. The highest BCUT2D eigenvalue weighted by atomic mass is 35.5. The summed E-state index contributed by atoms with van der Waals surface area (Å²) in [5.41, 5.74) is 0.347. The predicted octanol–water partition coefficient (Wildman–Crippen LogP) is 2.01. The second-order valence-electron chi connectivity index (χ2n) is 3.71. The van der Waals surface area contributed by atoms with Gasteiger partial charge in [0, 0.05) is 5.02 Å². The molecule has 1 aliphatic heterocycles. The van der Waals surface area contributed by atoms with Crippen LogP contribution in [0.3, 0.4) is 0 Å². The number of hydrogen-bond acceptors (Lipinski definition) is 4. The van der Waals surface area contributed by atoms with Gasteiger partial charge >= 0.3 is 6.03 Å². The summed E-state index contributed by atoms with van der Waals surface area (Å²) in [7, 11) is 0. The Morgan fingerprint density at radius 3 is 2.74 bits per heavy atom. The molecule has 1 atom stereocenters. The van der Waals surface area contributed by atoms with Crippen molar-refractivity contribution in [2.75, 3.05) is 18.7 Å². The van der Waals surface area contributed by atoms with Crippen molar-refractivity contribution in [3.05, 3.63) is 28.2 Å². The highest BCUT2D eigenvalue weighted by Gasteiger charge is 2.25. The van der Waals surface area contributed by atoms with Crippen LogP contribution in [0.5, 0.6) is 0 Å². The van der Waals surface area contributed by atoms with Crippen LogP contribution in [0.15, 0.2) is 18.2 Å². The standard InChI is InChI=1S/C11H10Cl2N2O4/c12-6-1-2-8(7(13)3-6)14-11(17)15-10(16)9-4-18-5-19-9/h1-3,9H,4-5H2,(H2,14,15,16,17). The van der Waals surface area contributed by atoms with Crippen molar-refractivity contribution in [1.82, 2.24) is 5.32 Å². The minimum absolute atomic E-state index is 0.0444. The van der Waals surface area contributed by atoms with E-state index >= 15 is 0 Å². The maximum Gasteiger partial charge on any atom is 0.326 e. The van der Waals surface area contributed by atoms with Gasteiger partial charge in [-0.2, -0.15) is 0 Å². The van der Waals surface area contributed by atoms with Crippen molar-refractivity contribution in [1.29, 1.82) is 0 Å². The topological polar surface area (TPSA) is 76.7 Å². The molecule has 3 amide bonds. The SMILES string of the molecule is O=C(NC(=O)C1COCO1)Nc1ccc(Cl)cc1Cl. The Morgan fingerprint density at radius 1 is 1.32 bits per heavy atom. The molecule has 0 aromatic heterocycles. The van der Waals surface area contributed by atoms with E-state index in [1.807, 2.05) is 0 Å². The number of carbonyl (C=O) groups excluding carboxylic acids is 2. The van der Waals surface area contributed by atoms with Gasteiger partial charge in [0.05, 0.1) is 17.3 Å². The smallest absolute Gasteiger partial charge is 0.326 e. The summed E-state index contributed by atoms with van der Waals surface area (Å²) in [5, 5.41) is 5.28. The van der Waals surface area contributed by atoms with Gasteiger partial charge in [-0.05, 0) is 18.2 Å². The zero-order valence-corrected chi connectivity index (χ0v) is 11.1. The molecule has 2 N–H and O–H groups in total. The fourth-order valence-corrected chi connectivity index (χ4v) is 1.88. The molecule has 1 aromatic carbocycles. The molecule has 102 valence electrons. The summed E-state index contributed by atoms with van der Waals surface area (Å²) in [5.74, 6) is -0.569. The number of imide groups is 1. The summed E-state index contributed by atoms with van der Waals surface area (Å²) < 4.78 is 9.81. The number of carbonyl (C=O) groups is 2. The minimum atomic E-state index is -0.772. The molecule has 0 saturated carbocycles. The van der Waals surface area contributed by atoms with Crippen LogP contribution in [0, 0.1) is 0 Å². The molecule has 2 rings (SSSR count). The summed E-state index contributed by atoms with van der Waals surface area (Å²) in [4.78, 5) is 23.1. The maximum atomic E-state index is 11.6. The first-order valence-corrected chi connectivity index (χ1v) is 6.08. The first-order chi connectivity index (χ1) is 9.06. The lowest BCUT2D eigenvalue weighted by Gasteiger charge is -2.10. The molecule has 1 saturated heterocycles. The highest BCUT2D eigenvalue weighted by Crippen LogP contribution is 2.25. The molecule has 8 heteroatoms. The molecule has 1 fully saturated rings. The number of benzene rings is 1. The average Bonchev–Trinajstić information content (AvgIpc) is 2.86. The third kappa shape index (κ3) is 3.81. The molecule has 1 aromatic rings. The lowest BCUT2D eigenvalue weighted by Crippen LogP contribution is -2.42. The number of hydrogen-bond donors (Lipinski definition) is 2. The molecule has 0 bridgehead atoms. The molecule has 0 aliphatic carbocycles. The molecule has 0 radical (unpaired) electrons.